The van der Waals surface area contributed by atoms with E-state index in [4.69, 9.17) is 0 Å². The Morgan fingerprint density at radius 2 is 2.09 bits per heavy atom. The third-order valence-corrected chi connectivity index (χ3v) is 3.92. The van der Waals surface area contributed by atoms with Crippen LogP contribution in [0.4, 0.5) is 0 Å². The summed E-state index contributed by atoms with van der Waals surface area (Å²) in [6.07, 6.45) is 4.28. The number of nitrogens with zero attached hydrogens (tertiary/aromatic N) is 1. The van der Waals surface area contributed by atoms with Gasteiger partial charge in [-0.1, -0.05) is 24.3 Å². The van der Waals surface area contributed by atoms with Gasteiger partial charge in [0, 0.05) is 12.3 Å². The molecule has 6 nitrogen and oxygen atoms in total. The fraction of sp³-hybridized carbons (Fsp3) is 0.312. The van der Waals surface area contributed by atoms with Gasteiger partial charge in [0.15, 0.2) is 0 Å². The van der Waals surface area contributed by atoms with E-state index in [1.807, 2.05) is 18.2 Å². The molecule has 1 aromatic heterocycles. The summed E-state index contributed by atoms with van der Waals surface area (Å²) in [4.78, 5) is 36.9. The van der Waals surface area contributed by atoms with Crippen LogP contribution in [0.5, 0.6) is 0 Å². The summed E-state index contributed by atoms with van der Waals surface area (Å²) in [6.45, 7) is -0.103. The summed E-state index contributed by atoms with van der Waals surface area (Å²) < 4.78 is 1.19. The highest BCUT2D eigenvalue weighted by atomic mass is 16.2. The summed E-state index contributed by atoms with van der Waals surface area (Å²) >= 11 is 0. The Labute approximate surface area is 126 Å². The lowest BCUT2D eigenvalue weighted by Gasteiger charge is -2.26. The number of benzene rings is 1. The van der Waals surface area contributed by atoms with Gasteiger partial charge in [-0.3, -0.25) is 19.1 Å². The van der Waals surface area contributed by atoms with Crippen LogP contribution in [0.3, 0.4) is 0 Å². The molecule has 1 aromatic carbocycles. The predicted octanol–water partition coefficient (Wildman–Crippen LogP) is 0.730. The number of hydrogen-bond donors (Lipinski definition) is 2. The van der Waals surface area contributed by atoms with Crippen molar-refractivity contribution in [1.29, 1.82) is 0 Å². The first kappa shape index (κ1) is 14.3. The molecule has 0 spiro atoms. The zero-order valence-corrected chi connectivity index (χ0v) is 12.0. The fourth-order valence-electron chi connectivity index (χ4n) is 2.87. The highest BCUT2D eigenvalue weighted by Crippen LogP contribution is 2.29. The first-order valence-electron chi connectivity index (χ1n) is 7.30. The number of fused-ring (bicyclic) bond motifs is 1. The Kier molecular flexibility index (Phi) is 3.91. The third kappa shape index (κ3) is 3.00. The summed E-state index contributed by atoms with van der Waals surface area (Å²) in [7, 11) is 0. The van der Waals surface area contributed by atoms with Crippen LogP contribution in [0.25, 0.3) is 0 Å². The standard InChI is InChI=1S/C16H17N3O3/c20-14-8-9-19(16(22)18-14)10-15(21)17-13-7-3-5-11-4-1-2-6-12(11)13/h1-2,4,6,8-9,13H,3,5,7,10H2,(H,17,21)(H,18,20,22). The quantitative estimate of drug-likeness (QED) is 0.876. The van der Waals surface area contributed by atoms with E-state index in [0.717, 1.165) is 24.8 Å². The van der Waals surface area contributed by atoms with Crippen LogP contribution in [-0.4, -0.2) is 15.5 Å². The number of carbonyl (C=O) groups excluding carboxylic acids is 1. The Morgan fingerprint density at radius 1 is 1.27 bits per heavy atom. The van der Waals surface area contributed by atoms with E-state index >= 15 is 0 Å². The summed E-state index contributed by atoms with van der Waals surface area (Å²) in [5.74, 6) is -0.240. The maximum absolute atomic E-state index is 12.2. The van der Waals surface area contributed by atoms with Gasteiger partial charge in [-0.05, 0) is 30.4 Å². The number of aromatic amines is 1. The van der Waals surface area contributed by atoms with Crippen LogP contribution in [0.15, 0.2) is 46.1 Å². The Bertz CT molecular complexity index is 807. The molecule has 1 aliphatic rings. The van der Waals surface area contributed by atoms with Crippen molar-refractivity contribution in [2.75, 3.05) is 0 Å². The van der Waals surface area contributed by atoms with Crippen LogP contribution in [0.2, 0.25) is 0 Å². The molecule has 2 aromatic rings. The van der Waals surface area contributed by atoms with E-state index in [1.54, 1.807) is 0 Å². The summed E-state index contributed by atoms with van der Waals surface area (Å²) in [5.41, 5.74) is 1.37. The van der Waals surface area contributed by atoms with Crippen molar-refractivity contribution in [2.45, 2.75) is 31.8 Å². The molecule has 3 rings (SSSR count). The summed E-state index contributed by atoms with van der Waals surface area (Å²) in [5, 5.41) is 2.97. The maximum Gasteiger partial charge on any atom is 0.328 e. The highest BCUT2D eigenvalue weighted by molar-refractivity contribution is 5.76. The minimum atomic E-state index is -0.577. The molecule has 1 unspecified atom stereocenters. The number of hydrogen-bond acceptors (Lipinski definition) is 3. The number of aromatic nitrogens is 2. The minimum Gasteiger partial charge on any atom is -0.348 e. The van der Waals surface area contributed by atoms with Crippen molar-refractivity contribution in [1.82, 2.24) is 14.9 Å². The van der Waals surface area contributed by atoms with E-state index in [0.29, 0.717) is 0 Å². The van der Waals surface area contributed by atoms with Crippen molar-refractivity contribution in [3.8, 4) is 0 Å². The minimum absolute atomic E-state index is 0.0177. The fourth-order valence-corrected chi connectivity index (χ4v) is 2.87. The van der Waals surface area contributed by atoms with Gasteiger partial charge in [0.1, 0.15) is 6.54 Å². The van der Waals surface area contributed by atoms with Gasteiger partial charge < -0.3 is 5.32 Å². The van der Waals surface area contributed by atoms with Gasteiger partial charge >= 0.3 is 5.69 Å². The molecule has 6 heteroatoms. The maximum atomic E-state index is 12.2. The van der Waals surface area contributed by atoms with Gasteiger partial charge in [-0.15, -0.1) is 0 Å². The Hall–Kier alpha value is -2.63. The monoisotopic (exact) mass is 299 g/mol. The molecule has 0 saturated carbocycles. The van der Waals surface area contributed by atoms with Crippen LogP contribution >= 0.6 is 0 Å². The molecule has 0 radical (unpaired) electrons. The zero-order valence-electron chi connectivity index (χ0n) is 12.0. The van der Waals surface area contributed by atoms with E-state index in [9.17, 15) is 14.4 Å². The lowest BCUT2D eigenvalue weighted by atomic mass is 9.88. The van der Waals surface area contributed by atoms with Crippen LogP contribution in [-0.2, 0) is 17.8 Å². The molecule has 0 aliphatic heterocycles. The van der Waals surface area contributed by atoms with E-state index in [2.05, 4.69) is 16.4 Å². The molecule has 1 heterocycles. The van der Waals surface area contributed by atoms with Crippen molar-refractivity contribution >= 4 is 5.91 Å². The van der Waals surface area contributed by atoms with Gasteiger partial charge in [0.05, 0.1) is 6.04 Å². The Balaban J connectivity index is 1.73. The SMILES string of the molecule is O=C(Cn1ccc(=O)[nH]c1=O)NC1CCCc2ccccc21. The number of carbonyl (C=O) groups is 1. The average Bonchev–Trinajstić information content (AvgIpc) is 2.50. The largest absolute Gasteiger partial charge is 0.348 e. The zero-order chi connectivity index (χ0) is 15.5. The predicted molar refractivity (Wildman–Crippen MR) is 81.6 cm³/mol. The number of rotatable bonds is 3. The van der Waals surface area contributed by atoms with Gasteiger partial charge in [0.25, 0.3) is 5.56 Å². The molecule has 114 valence electrons. The third-order valence-electron chi connectivity index (χ3n) is 3.92. The van der Waals surface area contributed by atoms with Gasteiger partial charge in [0.2, 0.25) is 5.91 Å². The molecule has 22 heavy (non-hydrogen) atoms. The molecule has 0 bridgehead atoms. The first-order valence-corrected chi connectivity index (χ1v) is 7.30. The van der Waals surface area contributed by atoms with Crippen molar-refractivity contribution < 1.29 is 4.79 Å². The van der Waals surface area contributed by atoms with Gasteiger partial charge in [-0.2, -0.15) is 0 Å². The lowest BCUT2D eigenvalue weighted by molar-refractivity contribution is -0.122. The second-order valence-corrected chi connectivity index (χ2v) is 5.45. The second-order valence-electron chi connectivity index (χ2n) is 5.45. The summed E-state index contributed by atoms with van der Waals surface area (Å²) in [6, 6.07) is 9.30. The second kappa shape index (κ2) is 6.01. The van der Waals surface area contributed by atoms with Crippen molar-refractivity contribution in [3.63, 3.8) is 0 Å². The molecule has 0 fully saturated rings. The van der Waals surface area contributed by atoms with Crippen molar-refractivity contribution in [2.24, 2.45) is 0 Å². The molecule has 1 atom stereocenters. The van der Waals surface area contributed by atoms with E-state index in [1.165, 1.54) is 22.4 Å². The Morgan fingerprint density at radius 3 is 2.91 bits per heavy atom. The normalized spacial score (nSPS) is 16.8. The molecular formula is C16H17N3O3. The molecule has 2 N–H and O–H groups in total. The number of H-pyrrole nitrogens is 1. The van der Waals surface area contributed by atoms with Crippen LogP contribution < -0.4 is 16.6 Å². The first-order chi connectivity index (χ1) is 10.6. The smallest absolute Gasteiger partial charge is 0.328 e. The number of amides is 1. The van der Waals surface area contributed by atoms with Crippen LogP contribution in [0, 0.1) is 0 Å². The van der Waals surface area contributed by atoms with E-state index < -0.39 is 11.2 Å². The molecular weight excluding hydrogens is 282 g/mol. The molecule has 1 aliphatic carbocycles. The number of nitrogens with one attached hydrogen (secondary N) is 2. The topological polar surface area (TPSA) is 84.0 Å². The highest BCUT2D eigenvalue weighted by Gasteiger charge is 2.21. The molecule has 1 amide bonds. The van der Waals surface area contributed by atoms with Gasteiger partial charge in [-0.25, -0.2) is 4.79 Å². The van der Waals surface area contributed by atoms with Crippen molar-refractivity contribution in [3.05, 3.63) is 68.5 Å². The lowest BCUT2D eigenvalue weighted by Crippen LogP contribution is -2.37. The van der Waals surface area contributed by atoms with E-state index in [-0.39, 0.29) is 18.5 Å². The molecule has 0 saturated heterocycles. The average molecular weight is 299 g/mol. The number of aryl methyl sites for hydroxylation is 1. The van der Waals surface area contributed by atoms with Crippen LogP contribution in [0.1, 0.15) is 30.0 Å².